The fourth-order valence-corrected chi connectivity index (χ4v) is 5.46. The van der Waals surface area contributed by atoms with Crippen LogP contribution in [0.5, 0.6) is 0 Å². The molecule has 1 heterocycles. The van der Waals surface area contributed by atoms with Crippen LogP contribution in [-0.4, -0.2) is 28.6 Å². The molecule has 1 atom stereocenters. The van der Waals surface area contributed by atoms with Crippen LogP contribution in [0.3, 0.4) is 0 Å². The minimum atomic E-state index is -0.782. The topological polar surface area (TPSA) is 75.5 Å². The highest BCUT2D eigenvalue weighted by Gasteiger charge is 2.29. The number of carbonyl (C=O) groups excluding carboxylic acids is 2. The summed E-state index contributed by atoms with van der Waals surface area (Å²) in [4.78, 5) is 27.0. The summed E-state index contributed by atoms with van der Waals surface area (Å²) in [6.45, 7) is 4.37. The van der Waals surface area contributed by atoms with Gasteiger partial charge < -0.3 is 9.88 Å². The maximum Gasteiger partial charge on any atom is 0.262 e. The Labute approximate surface area is 261 Å². The van der Waals surface area contributed by atoms with Crippen LogP contribution in [0, 0.1) is 5.92 Å². The highest BCUT2D eigenvalue weighted by Crippen LogP contribution is 2.27. The summed E-state index contributed by atoms with van der Waals surface area (Å²) in [7, 11) is 0. The Bertz CT molecular complexity index is 1710. The number of carbonyl (C=O) groups is 2. The second-order valence-electron chi connectivity index (χ2n) is 10.7. The summed E-state index contributed by atoms with van der Waals surface area (Å²) in [5.74, 6) is -1.36. The standard InChI is InChI=1S/C35H32Cl2N4O2/c1-23(2)33(39-34(42)32(25-11-5-3-6-12-25)26-13-7-4-8-14-26)35(43)40-38-20-27-22-41(31-16-10-9-15-28(27)31)21-24-17-18-29(36)30(37)19-24/h3-20,22-23,32-33H,21H2,1-2H3,(H,39,42)(H,40,43)/b38-20-/t33-/m1/s1. The highest BCUT2D eigenvalue weighted by atomic mass is 35.5. The number of aromatic nitrogens is 1. The van der Waals surface area contributed by atoms with E-state index in [1.165, 1.54) is 0 Å². The third-order valence-electron chi connectivity index (χ3n) is 7.31. The van der Waals surface area contributed by atoms with Gasteiger partial charge in [-0.05, 0) is 40.8 Å². The normalized spacial score (nSPS) is 12.2. The predicted octanol–water partition coefficient (Wildman–Crippen LogP) is 7.42. The van der Waals surface area contributed by atoms with Crippen molar-refractivity contribution in [2.75, 3.05) is 0 Å². The van der Waals surface area contributed by atoms with Crippen molar-refractivity contribution in [2.24, 2.45) is 11.0 Å². The third-order valence-corrected chi connectivity index (χ3v) is 8.05. The molecule has 0 fully saturated rings. The smallest absolute Gasteiger partial charge is 0.262 e. The average Bonchev–Trinajstić information content (AvgIpc) is 3.35. The van der Waals surface area contributed by atoms with Gasteiger partial charge in [-0.15, -0.1) is 0 Å². The van der Waals surface area contributed by atoms with Gasteiger partial charge in [-0.3, -0.25) is 9.59 Å². The molecule has 1 aromatic heterocycles. The number of hydrogen-bond donors (Lipinski definition) is 2. The van der Waals surface area contributed by atoms with Gasteiger partial charge in [0.25, 0.3) is 5.91 Å². The molecule has 43 heavy (non-hydrogen) atoms. The van der Waals surface area contributed by atoms with Crippen LogP contribution >= 0.6 is 23.2 Å². The third kappa shape index (κ3) is 7.16. The maximum absolute atomic E-state index is 13.6. The first-order valence-corrected chi connectivity index (χ1v) is 14.8. The Morgan fingerprint density at radius 1 is 0.814 bits per heavy atom. The minimum absolute atomic E-state index is 0.167. The molecule has 0 saturated carbocycles. The number of benzene rings is 4. The average molecular weight is 612 g/mol. The van der Waals surface area contributed by atoms with Crippen molar-refractivity contribution in [3.05, 3.63) is 142 Å². The SMILES string of the molecule is CC(C)[C@@H](NC(=O)C(c1ccccc1)c1ccccc1)C(=O)N/N=C\c1cn(Cc2ccc(Cl)c(Cl)c2)c2ccccc12. The van der Waals surface area contributed by atoms with Crippen molar-refractivity contribution < 1.29 is 9.59 Å². The van der Waals surface area contributed by atoms with Crippen molar-refractivity contribution >= 4 is 52.1 Å². The fraction of sp³-hybridized carbons (Fsp3) is 0.171. The monoisotopic (exact) mass is 610 g/mol. The van der Waals surface area contributed by atoms with E-state index in [1.54, 1.807) is 12.3 Å². The van der Waals surface area contributed by atoms with Gasteiger partial charge in [0.1, 0.15) is 6.04 Å². The van der Waals surface area contributed by atoms with E-state index in [-0.39, 0.29) is 17.7 Å². The number of nitrogens with zero attached hydrogens (tertiary/aromatic N) is 2. The van der Waals surface area contributed by atoms with E-state index in [1.807, 2.05) is 117 Å². The summed E-state index contributed by atoms with van der Waals surface area (Å²) < 4.78 is 2.10. The first-order chi connectivity index (χ1) is 20.8. The second-order valence-corrected chi connectivity index (χ2v) is 11.5. The summed E-state index contributed by atoms with van der Waals surface area (Å²) in [5, 5.41) is 9.27. The molecular formula is C35H32Cl2N4O2. The van der Waals surface area contributed by atoms with E-state index in [9.17, 15) is 9.59 Å². The van der Waals surface area contributed by atoms with Crippen LogP contribution in [0.1, 0.15) is 42.0 Å². The quantitative estimate of drug-likeness (QED) is 0.127. The second kappa shape index (κ2) is 13.7. The highest BCUT2D eigenvalue weighted by molar-refractivity contribution is 6.42. The number of para-hydroxylation sites is 1. The molecule has 5 aromatic rings. The number of hydrazone groups is 1. The van der Waals surface area contributed by atoms with E-state index >= 15 is 0 Å². The van der Waals surface area contributed by atoms with E-state index in [2.05, 4.69) is 20.4 Å². The summed E-state index contributed by atoms with van der Waals surface area (Å²) in [5.41, 5.74) is 7.21. The molecule has 2 N–H and O–H groups in total. The molecule has 0 aliphatic carbocycles. The van der Waals surface area contributed by atoms with Gasteiger partial charge in [0, 0.05) is 29.2 Å². The van der Waals surface area contributed by atoms with Crippen molar-refractivity contribution in [1.82, 2.24) is 15.3 Å². The molecule has 0 aliphatic heterocycles. The molecule has 0 aliphatic rings. The van der Waals surface area contributed by atoms with Crippen molar-refractivity contribution in [2.45, 2.75) is 32.4 Å². The Hall–Kier alpha value is -4.39. The number of rotatable bonds is 10. The molecule has 5 rings (SSSR count). The fourth-order valence-electron chi connectivity index (χ4n) is 5.14. The van der Waals surface area contributed by atoms with Crippen LogP contribution in [0.25, 0.3) is 10.9 Å². The molecule has 0 unspecified atom stereocenters. The van der Waals surface area contributed by atoms with Crippen molar-refractivity contribution in [3.8, 4) is 0 Å². The summed E-state index contributed by atoms with van der Waals surface area (Å²) in [6.07, 6.45) is 3.61. The first-order valence-electron chi connectivity index (χ1n) is 14.1. The Morgan fingerprint density at radius 3 is 2.07 bits per heavy atom. The number of fused-ring (bicyclic) bond motifs is 1. The lowest BCUT2D eigenvalue weighted by molar-refractivity contribution is -0.130. The molecule has 2 amide bonds. The lowest BCUT2D eigenvalue weighted by Gasteiger charge is -2.24. The molecular weight excluding hydrogens is 579 g/mol. The molecule has 0 saturated heterocycles. The minimum Gasteiger partial charge on any atom is -0.343 e. The first kappa shape index (κ1) is 30.1. The predicted molar refractivity (Wildman–Crippen MR) is 175 cm³/mol. The van der Waals surface area contributed by atoms with E-state index in [0.717, 1.165) is 33.2 Å². The maximum atomic E-state index is 13.6. The summed E-state index contributed by atoms with van der Waals surface area (Å²) >= 11 is 12.3. The van der Waals surface area contributed by atoms with Crippen LogP contribution in [0.2, 0.25) is 10.0 Å². The lowest BCUT2D eigenvalue weighted by atomic mass is 9.89. The van der Waals surface area contributed by atoms with Gasteiger partial charge in [0.05, 0.1) is 22.2 Å². The Morgan fingerprint density at radius 2 is 1.44 bits per heavy atom. The van der Waals surface area contributed by atoms with E-state index < -0.39 is 12.0 Å². The number of amides is 2. The van der Waals surface area contributed by atoms with E-state index in [0.29, 0.717) is 16.6 Å². The van der Waals surface area contributed by atoms with Gasteiger partial charge >= 0.3 is 0 Å². The molecule has 0 radical (unpaired) electrons. The number of halogens is 2. The van der Waals surface area contributed by atoms with Crippen molar-refractivity contribution in [3.63, 3.8) is 0 Å². The Kier molecular flexibility index (Phi) is 9.60. The number of nitrogens with one attached hydrogen (secondary N) is 2. The van der Waals surface area contributed by atoms with Gasteiger partial charge in [0.2, 0.25) is 5.91 Å². The van der Waals surface area contributed by atoms with Gasteiger partial charge in [-0.25, -0.2) is 5.43 Å². The lowest BCUT2D eigenvalue weighted by Crippen LogP contribution is -2.50. The van der Waals surface area contributed by atoms with Crippen LogP contribution < -0.4 is 10.7 Å². The van der Waals surface area contributed by atoms with Gasteiger partial charge in [-0.1, -0.05) is 122 Å². The summed E-state index contributed by atoms with van der Waals surface area (Å²) in [6, 6.07) is 31.9. The Balaban J connectivity index is 1.32. The van der Waals surface area contributed by atoms with Gasteiger partial charge in [0.15, 0.2) is 0 Å². The van der Waals surface area contributed by atoms with Crippen LogP contribution in [-0.2, 0) is 16.1 Å². The largest absolute Gasteiger partial charge is 0.343 e. The zero-order valence-corrected chi connectivity index (χ0v) is 25.4. The zero-order chi connectivity index (χ0) is 30.3. The van der Waals surface area contributed by atoms with Crippen LogP contribution in [0.15, 0.2) is 114 Å². The number of hydrogen-bond acceptors (Lipinski definition) is 3. The van der Waals surface area contributed by atoms with Gasteiger partial charge in [-0.2, -0.15) is 5.10 Å². The molecule has 0 bridgehead atoms. The molecule has 4 aromatic carbocycles. The molecule has 218 valence electrons. The molecule has 8 heteroatoms. The van der Waals surface area contributed by atoms with E-state index in [4.69, 9.17) is 23.2 Å². The van der Waals surface area contributed by atoms with Crippen LogP contribution in [0.4, 0.5) is 0 Å². The molecule has 6 nitrogen and oxygen atoms in total. The molecule has 0 spiro atoms. The zero-order valence-electron chi connectivity index (χ0n) is 23.9. The van der Waals surface area contributed by atoms with Crippen molar-refractivity contribution in [1.29, 1.82) is 0 Å².